The van der Waals surface area contributed by atoms with Crippen molar-refractivity contribution >= 4 is 17.5 Å². The van der Waals surface area contributed by atoms with Crippen molar-refractivity contribution < 1.29 is 14.3 Å². The Morgan fingerprint density at radius 3 is 2.47 bits per heavy atom. The van der Waals surface area contributed by atoms with Gasteiger partial charge in [-0.3, -0.25) is 4.79 Å². The zero-order valence-corrected chi connectivity index (χ0v) is 17.4. The minimum atomic E-state index is -0.146. The second kappa shape index (κ2) is 7.78. The SMILES string of the molecule is CC(=O)c1ccn(C(=O)N2C[C@H]3CC(Oc4cccc(N5CCCC5)c4)C[C@H]3C2)n1. The lowest BCUT2D eigenvalue weighted by atomic mass is 10.0. The largest absolute Gasteiger partial charge is 0.490 e. The van der Waals surface area contributed by atoms with Crippen LogP contribution >= 0.6 is 0 Å². The minimum absolute atomic E-state index is 0.131. The molecule has 7 heteroatoms. The van der Waals surface area contributed by atoms with Gasteiger partial charge in [0.1, 0.15) is 11.4 Å². The molecule has 0 N–H and O–H groups in total. The van der Waals surface area contributed by atoms with Gasteiger partial charge in [-0.2, -0.15) is 9.78 Å². The van der Waals surface area contributed by atoms with E-state index in [0.717, 1.165) is 44.8 Å². The van der Waals surface area contributed by atoms with Gasteiger partial charge in [-0.25, -0.2) is 4.79 Å². The van der Waals surface area contributed by atoms with Crippen LogP contribution in [0.5, 0.6) is 5.75 Å². The van der Waals surface area contributed by atoms with Crippen molar-refractivity contribution in [2.24, 2.45) is 11.8 Å². The van der Waals surface area contributed by atoms with Crippen LogP contribution < -0.4 is 9.64 Å². The first-order valence-electron chi connectivity index (χ1n) is 10.9. The third-order valence-corrected chi connectivity index (χ3v) is 6.72. The standard InChI is InChI=1S/C23H28N4O3/c1-16(28)22-7-10-27(24-22)23(29)26-14-17-11-21(12-18(17)15-26)30-20-6-4-5-19(13-20)25-8-2-3-9-25/h4-7,10,13,17-18,21H,2-3,8-9,11-12,14-15H2,1H3/t17-,18+,21?. The monoisotopic (exact) mass is 408 g/mol. The van der Waals surface area contributed by atoms with Crippen molar-refractivity contribution in [3.8, 4) is 5.75 Å². The van der Waals surface area contributed by atoms with Crippen molar-refractivity contribution in [1.29, 1.82) is 0 Å². The van der Waals surface area contributed by atoms with Crippen LogP contribution in [-0.2, 0) is 0 Å². The number of rotatable bonds is 4. The number of benzene rings is 1. The number of ketones is 1. The molecule has 158 valence electrons. The summed E-state index contributed by atoms with van der Waals surface area (Å²) < 4.78 is 7.62. The molecule has 1 saturated carbocycles. The van der Waals surface area contributed by atoms with Crippen molar-refractivity contribution in [3.05, 3.63) is 42.2 Å². The second-order valence-corrected chi connectivity index (χ2v) is 8.81. The Hall–Kier alpha value is -2.83. The van der Waals surface area contributed by atoms with Crippen molar-refractivity contribution in [2.75, 3.05) is 31.1 Å². The van der Waals surface area contributed by atoms with Crippen LogP contribution in [0, 0.1) is 11.8 Å². The average molecular weight is 409 g/mol. The molecule has 5 rings (SSSR count). The lowest BCUT2D eigenvalue weighted by Gasteiger charge is -2.21. The van der Waals surface area contributed by atoms with E-state index in [2.05, 4.69) is 28.2 Å². The molecule has 3 heterocycles. The number of likely N-dealkylation sites (tertiary alicyclic amines) is 1. The van der Waals surface area contributed by atoms with Gasteiger partial charge in [-0.05, 0) is 55.7 Å². The summed E-state index contributed by atoms with van der Waals surface area (Å²) in [4.78, 5) is 28.4. The van der Waals surface area contributed by atoms with E-state index in [9.17, 15) is 9.59 Å². The molecule has 7 nitrogen and oxygen atoms in total. The molecule has 2 saturated heterocycles. The summed E-state index contributed by atoms with van der Waals surface area (Å²) in [6, 6.07) is 9.91. The highest BCUT2D eigenvalue weighted by Crippen LogP contribution is 2.40. The zero-order chi connectivity index (χ0) is 20.7. The van der Waals surface area contributed by atoms with E-state index >= 15 is 0 Å². The molecule has 3 fully saturated rings. The van der Waals surface area contributed by atoms with E-state index in [-0.39, 0.29) is 17.9 Å². The highest BCUT2D eigenvalue weighted by molar-refractivity contribution is 5.92. The first kappa shape index (κ1) is 19.2. The van der Waals surface area contributed by atoms with Crippen LogP contribution in [0.1, 0.15) is 43.1 Å². The number of carbonyl (C=O) groups is 2. The second-order valence-electron chi connectivity index (χ2n) is 8.81. The Morgan fingerprint density at radius 2 is 1.80 bits per heavy atom. The van der Waals surface area contributed by atoms with Crippen LogP contribution in [0.2, 0.25) is 0 Å². The van der Waals surface area contributed by atoms with Crippen LogP contribution in [0.25, 0.3) is 0 Å². The maximum atomic E-state index is 12.7. The normalized spacial score (nSPS) is 25.6. The molecular weight excluding hydrogens is 380 g/mol. The topological polar surface area (TPSA) is 67.7 Å². The molecule has 3 atom stereocenters. The molecule has 2 aliphatic heterocycles. The summed E-state index contributed by atoms with van der Waals surface area (Å²) >= 11 is 0. The molecule has 3 aliphatic rings. The number of Topliss-reactive ketones (excluding diaryl/α,β-unsaturated/α-hetero) is 1. The average Bonchev–Trinajstić information content (AvgIpc) is 3.50. The maximum absolute atomic E-state index is 12.7. The smallest absolute Gasteiger partial charge is 0.344 e. The first-order chi connectivity index (χ1) is 14.6. The van der Waals surface area contributed by atoms with E-state index in [0.29, 0.717) is 17.5 Å². The molecule has 0 spiro atoms. The highest BCUT2D eigenvalue weighted by atomic mass is 16.5. The highest BCUT2D eigenvalue weighted by Gasteiger charge is 2.43. The van der Waals surface area contributed by atoms with Crippen molar-refractivity contribution in [3.63, 3.8) is 0 Å². The number of hydrogen-bond acceptors (Lipinski definition) is 5. The lowest BCUT2D eigenvalue weighted by Crippen LogP contribution is -2.34. The summed E-state index contributed by atoms with van der Waals surface area (Å²) in [5, 5.41) is 4.11. The summed E-state index contributed by atoms with van der Waals surface area (Å²) in [6.07, 6.45) is 6.26. The molecule has 30 heavy (non-hydrogen) atoms. The Labute approximate surface area is 176 Å². The van der Waals surface area contributed by atoms with E-state index in [4.69, 9.17) is 4.74 Å². The molecule has 1 aliphatic carbocycles. The zero-order valence-electron chi connectivity index (χ0n) is 17.4. The van der Waals surface area contributed by atoms with Crippen LogP contribution in [-0.4, -0.2) is 58.8 Å². The van der Waals surface area contributed by atoms with Gasteiger partial charge in [0.15, 0.2) is 5.78 Å². The number of hydrogen-bond donors (Lipinski definition) is 0. The maximum Gasteiger partial charge on any atom is 0.344 e. The fraction of sp³-hybridized carbons (Fsp3) is 0.522. The van der Waals surface area contributed by atoms with Crippen molar-refractivity contribution in [2.45, 2.75) is 38.7 Å². The van der Waals surface area contributed by atoms with Crippen molar-refractivity contribution in [1.82, 2.24) is 14.7 Å². The summed E-state index contributed by atoms with van der Waals surface area (Å²) in [6.45, 7) is 5.17. The Kier molecular flexibility index (Phi) is 4.97. The molecular formula is C23H28N4O3. The summed E-state index contributed by atoms with van der Waals surface area (Å²) in [5.41, 5.74) is 1.58. The number of amides is 1. The Bertz CT molecular complexity index is 935. The quantitative estimate of drug-likeness (QED) is 0.725. The van der Waals surface area contributed by atoms with Gasteiger partial charge < -0.3 is 14.5 Å². The fourth-order valence-electron chi connectivity index (χ4n) is 5.18. The molecule has 2 aromatic rings. The molecule has 1 aromatic heterocycles. The van der Waals surface area contributed by atoms with E-state index in [1.54, 1.807) is 12.3 Å². The number of fused-ring (bicyclic) bond motifs is 1. The van der Waals surface area contributed by atoms with Gasteiger partial charge in [0.05, 0.1) is 6.10 Å². The van der Waals surface area contributed by atoms with Crippen LogP contribution in [0.15, 0.2) is 36.5 Å². The minimum Gasteiger partial charge on any atom is -0.490 e. The summed E-state index contributed by atoms with van der Waals surface area (Å²) in [5.74, 6) is 1.74. The van der Waals surface area contributed by atoms with Gasteiger partial charge in [0.25, 0.3) is 0 Å². The third kappa shape index (κ3) is 3.68. The predicted octanol–water partition coefficient (Wildman–Crippen LogP) is 3.44. The molecule has 0 bridgehead atoms. The Balaban J connectivity index is 1.17. The Morgan fingerprint density at radius 1 is 1.07 bits per heavy atom. The lowest BCUT2D eigenvalue weighted by molar-refractivity contribution is 0.101. The number of ether oxygens (including phenoxy) is 1. The predicted molar refractivity (Wildman–Crippen MR) is 113 cm³/mol. The number of aromatic nitrogens is 2. The number of anilines is 1. The third-order valence-electron chi connectivity index (χ3n) is 6.72. The number of nitrogens with zero attached hydrogens (tertiary/aromatic N) is 4. The van der Waals surface area contributed by atoms with E-state index in [1.807, 2.05) is 11.0 Å². The van der Waals surface area contributed by atoms with Gasteiger partial charge >= 0.3 is 6.03 Å². The molecule has 1 aromatic carbocycles. The van der Waals surface area contributed by atoms with Gasteiger partial charge in [0.2, 0.25) is 0 Å². The van der Waals surface area contributed by atoms with Gasteiger partial charge in [-0.1, -0.05) is 6.07 Å². The van der Waals surface area contributed by atoms with Gasteiger partial charge in [-0.15, -0.1) is 0 Å². The molecule has 1 amide bonds. The first-order valence-corrected chi connectivity index (χ1v) is 10.9. The van der Waals surface area contributed by atoms with Crippen LogP contribution in [0.4, 0.5) is 10.5 Å². The number of carbonyl (C=O) groups excluding carboxylic acids is 2. The summed E-state index contributed by atoms with van der Waals surface area (Å²) in [7, 11) is 0. The van der Waals surface area contributed by atoms with E-state index < -0.39 is 0 Å². The van der Waals surface area contributed by atoms with Crippen LogP contribution in [0.3, 0.4) is 0 Å². The van der Waals surface area contributed by atoms with Gasteiger partial charge in [0, 0.05) is 51.1 Å². The fourth-order valence-corrected chi connectivity index (χ4v) is 5.18. The van der Waals surface area contributed by atoms with E-state index in [1.165, 1.54) is 30.1 Å². The molecule has 1 unspecified atom stereocenters. The molecule has 0 radical (unpaired) electrons.